The topological polar surface area (TPSA) is 55.1 Å². The lowest BCUT2D eigenvalue weighted by Gasteiger charge is -2.06. The van der Waals surface area contributed by atoms with Gasteiger partial charge in [0.2, 0.25) is 0 Å². The molecule has 0 bridgehead atoms. The molecule has 1 amide bonds. The van der Waals surface area contributed by atoms with Crippen molar-refractivity contribution in [2.45, 2.75) is 25.5 Å². The Labute approximate surface area is 115 Å². The Bertz CT molecular complexity index is 385. The normalized spacial score (nSPS) is 10.3. The molecule has 0 atom stereocenters. The summed E-state index contributed by atoms with van der Waals surface area (Å²) in [6.07, 6.45) is 2.47. The van der Waals surface area contributed by atoms with Crippen LogP contribution >= 0.6 is 27.7 Å². The van der Waals surface area contributed by atoms with Crippen molar-refractivity contribution in [3.63, 3.8) is 0 Å². The second-order valence-electron chi connectivity index (χ2n) is 3.69. The summed E-state index contributed by atoms with van der Waals surface area (Å²) in [5.74, 6) is 6.96. The van der Waals surface area contributed by atoms with E-state index in [9.17, 15) is 4.79 Å². The van der Waals surface area contributed by atoms with Crippen molar-refractivity contribution in [3.8, 4) is 0 Å². The Morgan fingerprint density at radius 1 is 1.53 bits per heavy atom. The summed E-state index contributed by atoms with van der Waals surface area (Å²) in [4.78, 5) is 11.3. The van der Waals surface area contributed by atoms with Crippen molar-refractivity contribution in [2.24, 2.45) is 5.84 Å². The van der Waals surface area contributed by atoms with E-state index in [0.717, 1.165) is 10.2 Å². The molecule has 1 aromatic carbocycles. The highest BCUT2D eigenvalue weighted by atomic mass is 79.9. The highest BCUT2D eigenvalue weighted by Crippen LogP contribution is 2.23. The van der Waals surface area contributed by atoms with Gasteiger partial charge >= 0.3 is 0 Å². The molecule has 5 heteroatoms. The molecule has 1 rings (SSSR count). The smallest absolute Gasteiger partial charge is 0.265 e. The second-order valence-corrected chi connectivity index (χ2v) is 5.65. The molecule has 0 aliphatic heterocycles. The van der Waals surface area contributed by atoms with E-state index in [0.29, 0.717) is 5.56 Å². The SMILES string of the molecule is CCCCSCc1ccc(C(=O)NN)cc1Br. The average molecular weight is 317 g/mol. The van der Waals surface area contributed by atoms with Gasteiger partial charge in [0.05, 0.1) is 0 Å². The lowest BCUT2D eigenvalue weighted by atomic mass is 10.1. The first-order valence-corrected chi connectivity index (χ1v) is 7.51. The largest absolute Gasteiger partial charge is 0.290 e. The van der Waals surface area contributed by atoms with E-state index in [2.05, 4.69) is 28.3 Å². The van der Waals surface area contributed by atoms with Gasteiger partial charge in [0, 0.05) is 15.8 Å². The van der Waals surface area contributed by atoms with Crippen LogP contribution in [0.25, 0.3) is 0 Å². The summed E-state index contributed by atoms with van der Waals surface area (Å²) < 4.78 is 0.961. The van der Waals surface area contributed by atoms with Crippen molar-refractivity contribution in [1.29, 1.82) is 0 Å². The first-order valence-electron chi connectivity index (χ1n) is 5.56. The van der Waals surface area contributed by atoms with Crippen LogP contribution in [-0.4, -0.2) is 11.7 Å². The number of rotatable bonds is 6. The quantitative estimate of drug-likeness (QED) is 0.367. The Kier molecular flexibility index (Phi) is 6.62. The lowest BCUT2D eigenvalue weighted by molar-refractivity contribution is 0.0953. The summed E-state index contributed by atoms with van der Waals surface area (Å²) in [6, 6.07) is 5.56. The van der Waals surface area contributed by atoms with Crippen LogP contribution < -0.4 is 11.3 Å². The molecule has 3 N–H and O–H groups in total. The highest BCUT2D eigenvalue weighted by molar-refractivity contribution is 9.10. The van der Waals surface area contributed by atoms with Crippen molar-refractivity contribution in [2.75, 3.05) is 5.75 Å². The number of unbranched alkanes of at least 4 members (excludes halogenated alkanes) is 1. The van der Waals surface area contributed by atoms with Crippen molar-refractivity contribution in [1.82, 2.24) is 5.43 Å². The van der Waals surface area contributed by atoms with Crippen LogP contribution in [0.5, 0.6) is 0 Å². The number of hydrogen-bond acceptors (Lipinski definition) is 3. The fourth-order valence-electron chi connectivity index (χ4n) is 1.32. The summed E-state index contributed by atoms with van der Waals surface area (Å²) in [5.41, 5.74) is 3.90. The van der Waals surface area contributed by atoms with E-state index >= 15 is 0 Å². The molecular weight excluding hydrogens is 300 g/mol. The van der Waals surface area contributed by atoms with Gasteiger partial charge < -0.3 is 0 Å². The third-order valence-corrected chi connectivity index (χ3v) is 4.18. The molecule has 0 radical (unpaired) electrons. The summed E-state index contributed by atoms with van der Waals surface area (Å²) in [5, 5.41) is 0. The van der Waals surface area contributed by atoms with Gasteiger partial charge in [-0.1, -0.05) is 35.3 Å². The number of hydrazine groups is 1. The van der Waals surface area contributed by atoms with Gasteiger partial charge in [0.1, 0.15) is 0 Å². The zero-order valence-electron chi connectivity index (χ0n) is 9.83. The highest BCUT2D eigenvalue weighted by Gasteiger charge is 2.06. The predicted molar refractivity (Wildman–Crippen MR) is 76.9 cm³/mol. The predicted octanol–water partition coefficient (Wildman–Crippen LogP) is 3.09. The molecule has 0 spiro atoms. The van der Waals surface area contributed by atoms with Gasteiger partial charge in [-0.15, -0.1) is 0 Å². The maximum Gasteiger partial charge on any atom is 0.265 e. The molecule has 94 valence electrons. The van der Waals surface area contributed by atoms with Gasteiger partial charge in [-0.3, -0.25) is 10.2 Å². The minimum atomic E-state index is -0.268. The summed E-state index contributed by atoms with van der Waals surface area (Å²) >= 11 is 5.39. The van der Waals surface area contributed by atoms with Gasteiger partial charge in [0.15, 0.2) is 0 Å². The molecule has 17 heavy (non-hydrogen) atoms. The number of carbonyl (C=O) groups excluding carboxylic acids is 1. The molecular formula is C12H17BrN2OS. The van der Waals surface area contributed by atoms with Gasteiger partial charge in [0.25, 0.3) is 5.91 Å². The molecule has 0 fully saturated rings. The molecule has 0 aliphatic rings. The molecule has 0 heterocycles. The van der Waals surface area contributed by atoms with Crippen LogP contribution in [0.3, 0.4) is 0 Å². The monoisotopic (exact) mass is 316 g/mol. The number of nitrogens with two attached hydrogens (primary N) is 1. The molecule has 1 aromatic rings. The summed E-state index contributed by atoms with van der Waals surface area (Å²) in [6.45, 7) is 2.19. The fraction of sp³-hybridized carbons (Fsp3) is 0.417. The maximum atomic E-state index is 11.3. The third kappa shape index (κ3) is 4.69. The number of amides is 1. The van der Waals surface area contributed by atoms with Gasteiger partial charge in [-0.25, -0.2) is 5.84 Å². The summed E-state index contributed by atoms with van der Waals surface area (Å²) in [7, 11) is 0. The first-order chi connectivity index (χ1) is 8.19. The van der Waals surface area contributed by atoms with Crippen molar-refractivity contribution < 1.29 is 4.79 Å². The number of hydrogen-bond donors (Lipinski definition) is 2. The molecule has 0 saturated heterocycles. The van der Waals surface area contributed by atoms with E-state index < -0.39 is 0 Å². The van der Waals surface area contributed by atoms with Crippen LogP contribution in [-0.2, 0) is 5.75 Å². The third-order valence-electron chi connectivity index (χ3n) is 2.35. The minimum absolute atomic E-state index is 0.268. The van der Waals surface area contributed by atoms with Crippen LogP contribution in [0.2, 0.25) is 0 Å². The number of nitrogens with one attached hydrogen (secondary N) is 1. The molecule has 0 unspecified atom stereocenters. The molecule has 0 aliphatic carbocycles. The van der Waals surface area contributed by atoms with E-state index in [1.54, 1.807) is 12.1 Å². The Morgan fingerprint density at radius 3 is 2.88 bits per heavy atom. The number of nitrogen functional groups attached to an aromatic ring is 1. The zero-order valence-corrected chi connectivity index (χ0v) is 12.2. The lowest BCUT2D eigenvalue weighted by Crippen LogP contribution is -2.29. The average Bonchev–Trinajstić information content (AvgIpc) is 2.35. The minimum Gasteiger partial charge on any atom is -0.290 e. The van der Waals surface area contributed by atoms with Crippen LogP contribution in [0.1, 0.15) is 35.7 Å². The van der Waals surface area contributed by atoms with Crippen molar-refractivity contribution in [3.05, 3.63) is 33.8 Å². The van der Waals surface area contributed by atoms with E-state index in [4.69, 9.17) is 5.84 Å². The molecule has 3 nitrogen and oxygen atoms in total. The number of halogens is 1. The van der Waals surface area contributed by atoms with Gasteiger partial charge in [-0.05, 0) is 29.9 Å². The Balaban J connectivity index is 2.60. The van der Waals surface area contributed by atoms with Gasteiger partial charge in [-0.2, -0.15) is 11.8 Å². The maximum absolute atomic E-state index is 11.3. The Hall–Kier alpha value is -0.520. The number of benzene rings is 1. The molecule has 0 aromatic heterocycles. The molecule has 0 saturated carbocycles. The second kappa shape index (κ2) is 7.74. The number of carbonyl (C=O) groups is 1. The fourth-order valence-corrected chi connectivity index (χ4v) is 3.13. The number of thioether (sulfide) groups is 1. The van der Waals surface area contributed by atoms with E-state index in [1.807, 2.05) is 17.8 Å². The van der Waals surface area contributed by atoms with E-state index in [1.165, 1.54) is 24.2 Å². The van der Waals surface area contributed by atoms with Crippen molar-refractivity contribution >= 4 is 33.6 Å². The zero-order chi connectivity index (χ0) is 12.7. The Morgan fingerprint density at radius 2 is 2.29 bits per heavy atom. The van der Waals surface area contributed by atoms with Crippen LogP contribution in [0, 0.1) is 0 Å². The van der Waals surface area contributed by atoms with Crippen LogP contribution in [0.4, 0.5) is 0 Å². The first kappa shape index (κ1) is 14.5. The van der Waals surface area contributed by atoms with Crippen LogP contribution in [0.15, 0.2) is 22.7 Å². The standard InChI is InChI=1S/C12H17BrN2OS/c1-2-3-6-17-8-10-5-4-9(7-11(10)13)12(16)15-14/h4-5,7H,2-3,6,8,14H2,1H3,(H,15,16). The van der Waals surface area contributed by atoms with E-state index in [-0.39, 0.29) is 5.91 Å².